The van der Waals surface area contributed by atoms with E-state index in [2.05, 4.69) is 20.9 Å². The molecule has 0 aliphatic heterocycles. The summed E-state index contributed by atoms with van der Waals surface area (Å²) in [5, 5.41) is 8.72. The molecule has 0 amide bonds. The molecule has 12 heavy (non-hydrogen) atoms. The average Bonchev–Trinajstić information content (AvgIpc) is 2.30. The number of aliphatic hydroxyl groups is 1. The summed E-state index contributed by atoms with van der Waals surface area (Å²) in [5.41, 5.74) is 0. The van der Waals surface area contributed by atoms with Gasteiger partial charge in [-0.25, -0.2) is 4.98 Å². The second-order valence-electron chi connectivity index (χ2n) is 2.03. The maximum atomic E-state index is 10.8. The van der Waals surface area contributed by atoms with Gasteiger partial charge in [0.1, 0.15) is 17.0 Å². The summed E-state index contributed by atoms with van der Waals surface area (Å²) in [6, 6.07) is 0. The van der Waals surface area contributed by atoms with Crippen LogP contribution in [-0.4, -0.2) is 20.6 Å². The summed E-state index contributed by atoms with van der Waals surface area (Å²) in [5.74, 6) is 0.191. The van der Waals surface area contributed by atoms with E-state index < -0.39 is 0 Å². The molecule has 1 aromatic rings. The van der Waals surface area contributed by atoms with Crippen LogP contribution in [0.4, 0.5) is 0 Å². The second-order valence-corrected chi connectivity index (χ2v) is 2.84. The minimum Gasteiger partial charge on any atom is -0.388 e. The monoisotopic (exact) mass is 298 g/mol. The number of hydrogen-bond donors (Lipinski definition) is 1. The Bertz CT molecular complexity index is 285. The van der Waals surface area contributed by atoms with Crippen molar-refractivity contribution in [2.45, 2.75) is 13.5 Å². The Morgan fingerprint density at radius 1 is 1.83 bits per heavy atom. The molecular weight excluding hydrogens is 292 g/mol. The fourth-order valence-electron chi connectivity index (χ4n) is 0.771. The minimum absolute atomic E-state index is 0. The van der Waals surface area contributed by atoms with Crippen LogP contribution < -0.4 is 0 Å². The lowest BCUT2D eigenvalue weighted by molar-refractivity contribution is 0.0926. The van der Waals surface area contributed by atoms with E-state index in [1.807, 2.05) is 0 Å². The molecule has 4 nitrogen and oxygen atoms in total. The molecule has 0 bridgehead atoms. The van der Waals surface area contributed by atoms with Gasteiger partial charge in [0.15, 0.2) is 0 Å². The lowest BCUT2D eigenvalue weighted by Gasteiger charge is -1.97. The fourth-order valence-corrected chi connectivity index (χ4v) is 1.18. The predicted molar refractivity (Wildman–Crippen MR) is 52.5 cm³/mol. The number of imidazole rings is 1. The highest BCUT2D eigenvalue weighted by Gasteiger charge is 2.07. The van der Waals surface area contributed by atoms with E-state index in [0.717, 1.165) is 0 Å². The van der Waals surface area contributed by atoms with Crippen LogP contribution >= 0.6 is 32.9 Å². The lowest BCUT2D eigenvalue weighted by atomic mass is 10.6. The van der Waals surface area contributed by atoms with Crippen LogP contribution in [0.25, 0.3) is 0 Å². The molecule has 0 aromatic carbocycles. The summed E-state index contributed by atoms with van der Waals surface area (Å²) in [6.07, 6.45) is 1.52. The van der Waals surface area contributed by atoms with E-state index >= 15 is 0 Å². The van der Waals surface area contributed by atoms with E-state index in [0.29, 0.717) is 10.4 Å². The maximum Gasteiger partial charge on any atom is 0.229 e. The molecule has 0 unspecified atom stereocenters. The number of aromatic nitrogens is 2. The van der Waals surface area contributed by atoms with E-state index in [1.54, 1.807) is 0 Å². The quantitative estimate of drug-likeness (QED) is 0.852. The maximum absolute atomic E-state index is 10.8. The molecule has 1 N–H and O–H groups in total. The zero-order valence-corrected chi connectivity index (χ0v) is 9.62. The molecule has 0 aliphatic carbocycles. The van der Waals surface area contributed by atoms with Gasteiger partial charge in [0.25, 0.3) is 0 Å². The Labute approximate surface area is 88.5 Å². The van der Waals surface area contributed by atoms with Gasteiger partial charge >= 0.3 is 0 Å². The van der Waals surface area contributed by atoms with Gasteiger partial charge in [-0.3, -0.25) is 9.36 Å². The number of halogens is 2. The van der Waals surface area contributed by atoms with Crippen LogP contribution in [0, 0.1) is 0 Å². The van der Waals surface area contributed by atoms with Crippen LogP contribution in [-0.2, 0) is 6.61 Å². The van der Waals surface area contributed by atoms with Crippen molar-refractivity contribution in [1.82, 2.24) is 9.55 Å². The molecule has 0 radical (unpaired) electrons. The number of rotatable bonds is 1. The summed E-state index contributed by atoms with van der Waals surface area (Å²) in [6.45, 7) is 1.18. The molecule has 0 spiro atoms. The molecule has 0 aliphatic rings. The summed E-state index contributed by atoms with van der Waals surface area (Å²) in [4.78, 5) is 14.7. The molecule has 0 fully saturated rings. The van der Waals surface area contributed by atoms with Crippen LogP contribution in [0.2, 0.25) is 0 Å². The Kier molecular flexibility index (Phi) is 4.66. The van der Waals surface area contributed by atoms with Gasteiger partial charge in [0.05, 0.1) is 0 Å². The van der Waals surface area contributed by atoms with Crippen molar-refractivity contribution in [1.29, 1.82) is 0 Å². The van der Waals surface area contributed by atoms with Crippen molar-refractivity contribution in [3.8, 4) is 0 Å². The largest absolute Gasteiger partial charge is 0.388 e. The van der Waals surface area contributed by atoms with Crippen LogP contribution in [0.5, 0.6) is 0 Å². The third-order valence-corrected chi connectivity index (χ3v) is 1.61. The van der Waals surface area contributed by atoms with Gasteiger partial charge in [0.2, 0.25) is 5.91 Å². The molecule has 1 heterocycles. The highest BCUT2D eigenvalue weighted by atomic mass is 79.9. The van der Waals surface area contributed by atoms with Crippen molar-refractivity contribution in [2.75, 3.05) is 0 Å². The fraction of sp³-hybridized carbons (Fsp3) is 0.333. The SMILES string of the molecule is Br.CC(=O)n1cc(Br)nc1CO. The van der Waals surface area contributed by atoms with Gasteiger partial charge in [-0.15, -0.1) is 17.0 Å². The second kappa shape index (κ2) is 4.74. The Morgan fingerprint density at radius 2 is 2.42 bits per heavy atom. The van der Waals surface area contributed by atoms with Gasteiger partial charge in [-0.2, -0.15) is 0 Å². The summed E-state index contributed by atoms with van der Waals surface area (Å²) in [7, 11) is 0. The highest BCUT2D eigenvalue weighted by Crippen LogP contribution is 2.09. The third-order valence-electron chi connectivity index (χ3n) is 1.23. The van der Waals surface area contributed by atoms with Crippen LogP contribution in [0.1, 0.15) is 17.5 Å². The molecule has 0 atom stereocenters. The molecule has 1 aromatic heterocycles. The number of hydrogen-bond acceptors (Lipinski definition) is 3. The molecule has 0 saturated heterocycles. The lowest BCUT2D eigenvalue weighted by Crippen LogP contribution is -2.08. The summed E-state index contributed by atoms with van der Waals surface area (Å²) < 4.78 is 1.85. The van der Waals surface area contributed by atoms with Crippen molar-refractivity contribution < 1.29 is 9.90 Å². The van der Waals surface area contributed by atoms with Crippen LogP contribution in [0.3, 0.4) is 0 Å². The van der Waals surface area contributed by atoms with Crippen molar-refractivity contribution >= 4 is 38.8 Å². The van der Waals surface area contributed by atoms with Gasteiger partial charge in [-0.05, 0) is 15.9 Å². The third kappa shape index (κ3) is 2.40. The molecule has 68 valence electrons. The standard InChI is InChI=1S/C6H7BrN2O2.BrH/c1-4(11)9-2-5(7)8-6(9)3-10;/h2,10H,3H2,1H3;1H. The van der Waals surface area contributed by atoms with Crippen molar-refractivity contribution in [2.24, 2.45) is 0 Å². The zero-order chi connectivity index (χ0) is 8.43. The van der Waals surface area contributed by atoms with E-state index in [-0.39, 0.29) is 29.5 Å². The van der Waals surface area contributed by atoms with E-state index in [9.17, 15) is 4.79 Å². The Morgan fingerprint density at radius 3 is 2.75 bits per heavy atom. The first-order valence-corrected chi connectivity index (χ1v) is 3.80. The van der Waals surface area contributed by atoms with Gasteiger partial charge in [0, 0.05) is 13.1 Å². The Balaban J connectivity index is 0.00000121. The summed E-state index contributed by atoms with van der Waals surface area (Å²) >= 11 is 3.10. The molecule has 6 heteroatoms. The van der Waals surface area contributed by atoms with E-state index in [1.165, 1.54) is 17.7 Å². The number of carbonyl (C=O) groups is 1. The van der Waals surface area contributed by atoms with E-state index in [4.69, 9.17) is 5.11 Å². The molecule has 1 rings (SSSR count). The topological polar surface area (TPSA) is 55.1 Å². The first-order chi connectivity index (χ1) is 5.15. The zero-order valence-electron chi connectivity index (χ0n) is 6.32. The highest BCUT2D eigenvalue weighted by molar-refractivity contribution is 9.10. The van der Waals surface area contributed by atoms with Gasteiger partial charge in [-0.1, -0.05) is 0 Å². The van der Waals surface area contributed by atoms with Gasteiger partial charge < -0.3 is 5.11 Å². The number of aliphatic hydroxyl groups excluding tert-OH is 1. The van der Waals surface area contributed by atoms with Crippen LogP contribution in [0.15, 0.2) is 10.8 Å². The average molecular weight is 300 g/mol. The molecular formula is C6H8Br2N2O2. The smallest absolute Gasteiger partial charge is 0.229 e. The first-order valence-electron chi connectivity index (χ1n) is 3.00. The number of nitrogens with zero attached hydrogens (tertiary/aromatic N) is 2. The van der Waals surface area contributed by atoms with Crippen molar-refractivity contribution in [3.05, 3.63) is 16.6 Å². The number of carbonyl (C=O) groups excluding carboxylic acids is 1. The molecule has 0 saturated carbocycles. The Hall–Kier alpha value is -0.200. The predicted octanol–water partition coefficient (Wildman–Crippen LogP) is 1.38. The van der Waals surface area contributed by atoms with Crippen molar-refractivity contribution in [3.63, 3.8) is 0 Å². The first kappa shape index (κ1) is 11.8. The minimum atomic E-state index is -0.231. The normalized spacial score (nSPS) is 9.25.